The van der Waals surface area contributed by atoms with Crippen LogP contribution in [0.2, 0.25) is 0 Å². The van der Waals surface area contributed by atoms with Gasteiger partial charge in [-0.1, -0.05) is 12.8 Å². The largest absolute Gasteiger partial charge is 0.353 e. The van der Waals surface area contributed by atoms with E-state index < -0.39 is 15.6 Å². The molecule has 0 bridgehead atoms. The number of nitrogens with one attached hydrogen (secondary N) is 1. The van der Waals surface area contributed by atoms with Gasteiger partial charge in [-0.15, -0.1) is 0 Å². The normalized spacial score (nSPS) is 19.5. The Balaban J connectivity index is 2.39. The molecule has 0 aliphatic heterocycles. The molecular weight excluding hydrogens is 242 g/mol. The van der Waals surface area contributed by atoms with Crippen LogP contribution < -0.4 is 11.1 Å². The van der Waals surface area contributed by atoms with Gasteiger partial charge in [0.05, 0.1) is 11.3 Å². The van der Waals surface area contributed by atoms with Crippen molar-refractivity contribution >= 4 is 15.9 Å². The molecule has 0 unspecified atom stereocenters. The summed E-state index contributed by atoms with van der Waals surface area (Å²) in [5.74, 6) is -0.328. The predicted octanol–water partition coefficient (Wildman–Crippen LogP) is -0.734. The monoisotopic (exact) mass is 263 g/mol. The predicted molar refractivity (Wildman–Crippen MR) is 65.9 cm³/mol. The molecule has 0 heterocycles. The molecule has 100 valence electrons. The molecule has 17 heavy (non-hydrogen) atoms. The first-order valence-corrected chi connectivity index (χ1v) is 7.36. The Bertz CT molecular complexity index is 372. The zero-order valence-electron chi connectivity index (χ0n) is 10.4. The van der Waals surface area contributed by atoms with Gasteiger partial charge >= 0.3 is 0 Å². The maximum atomic E-state index is 11.8. The molecule has 7 heteroatoms. The number of rotatable bonds is 5. The molecule has 0 spiro atoms. The fourth-order valence-corrected chi connectivity index (χ4v) is 2.61. The third kappa shape index (κ3) is 3.65. The first-order valence-electron chi connectivity index (χ1n) is 5.75. The van der Waals surface area contributed by atoms with Gasteiger partial charge in [-0.3, -0.25) is 4.79 Å². The highest BCUT2D eigenvalue weighted by molar-refractivity contribution is 7.89. The van der Waals surface area contributed by atoms with Crippen LogP contribution >= 0.6 is 0 Å². The Morgan fingerprint density at radius 2 is 1.88 bits per heavy atom. The van der Waals surface area contributed by atoms with Crippen LogP contribution in [-0.4, -0.2) is 50.6 Å². The molecule has 1 saturated carbocycles. The van der Waals surface area contributed by atoms with Gasteiger partial charge in [0.2, 0.25) is 15.9 Å². The first-order chi connectivity index (χ1) is 7.78. The van der Waals surface area contributed by atoms with E-state index in [1.54, 1.807) is 0 Å². The number of amides is 1. The molecular formula is C10H21N3O3S. The van der Waals surface area contributed by atoms with Crippen LogP contribution in [0.1, 0.15) is 25.7 Å². The summed E-state index contributed by atoms with van der Waals surface area (Å²) in [6.45, 7) is 0.109. The van der Waals surface area contributed by atoms with Crippen molar-refractivity contribution in [3.63, 3.8) is 0 Å². The Morgan fingerprint density at radius 3 is 2.35 bits per heavy atom. The molecule has 1 aliphatic rings. The third-order valence-electron chi connectivity index (χ3n) is 3.15. The van der Waals surface area contributed by atoms with Crippen molar-refractivity contribution in [1.29, 1.82) is 0 Å². The summed E-state index contributed by atoms with van der Waals surface area (Å²) >= 11 is 0. The molecule has 1 rings (SSSR count). The van der Waals surface area contributed by atoms with Crippen molar-refractivity contribution in [2.24, 2.45) is 5.73 Å². The standard InChI is InChI=1S/C10H21N3O3S/c1-13(2)17(15,16)8-7-12-9(14)10(11)5-3-4-6-10/h3-8,11H2,1-2H3,(H,12,14). The van der Waals surface area contributed by atoms with Crippen molar-refractivity contribution in [3.8, 4) is 0 Å². The SMILES string of the molecule is CN(C)S(=O)(=O)CCNC(=O)C1(N)CCCC1. The Morgan fingerprint density at radius 1 is 1.35 bits per heavy atom. The quantitative estimate of drug-likeness (QED) is 0.683. The van der Waals surface area contributed by atoms with E-state index in [1.165, 1.54) is 14.1 Å². The van der Waals surface area contributed by atoms with Gasteiger partial charge in [-0.05, 0) is 12.8 Å². The maximum Gasteiger partial charge on any atom is 0.240 e. The average Bonchev–Trinajstić information content (AvgIpc) is 2.66. The Kier molecular flexibility index (Phi) is 4.51. The van der Waals surface area contributed by atoms with Crippen LogP contribution in [0.25, 0.3) is 0 Å². The van der Waals surface area contributed by atoms with Crippen LogP contribution in [-0.2, 0) is 14.8 Å². The van der Waals surface area contributed by atoms with E-state index in [4.69, 9.17) is 5.73 Å². The van der Waals surface area contributed by atoms with Gasteiger partial charge in [-0.2, -0.15) is 0 Å². The van der Waals surface area contributed by atoms with E-state index in [9.17, 15) is 13.2 Å². The van der Waals surface area contributed by atoms with Crippen LogP contribution in [0.15, 0.2) is 0 Å². The van der Waals surface area contributed by atoms with E-state index >= 15 is 0 Å². The van der Waals surface area contributed by atoms with Crippen LogP contribution in [0.3, 0.4) is 0 Å². The van der Waals surface area contributed by atoms with Crippen molar-refractivity contribution in [1.82, 2.24) is 9.62 Å². The highest BCUT2D eigenvalue weighted by Gasteiger charge is 2.36. The highest BCUT2D eigenvalue weighted by Crippen LogP contribution is 2.27. The number of hydrogen-bond donors (Lipinski definition) is 2. The summed E-state index contributed by atoms with van der Waals surface area (Å²) in [5.41, 5.74) is 5.15. The summed E-state index contributed by atoms with van der Waals surface area (Å²) in [6.07, 6.45) is 3.28. The average molecular weight is 263 g/mol. The lowest BCUT2D eigenvalue weighted by atomic mass is 9.98. The van der Waals surface area contributed by atoms with Crippen molar-refractivity contribution in [3.05, 3.63) is 0 Å². The van der Waals surface area contributed by atoms with Crippen molar-refractivity contribution < 1.29 is 13.2 Å². The molecule has 0 atom stereocenters. The summed E-state index contributed by atoms with van der Waals surface area (Å²) in [6, 6.07) is 0. The fraction of sp³-hybridized carbons (Fsp3) is 0.900. The fourth-order valence-electron chi connectivity index (χ4n) is 1.89. The highest BCUT2D eigenvalue weighted by atomic mass is 32.2. The van der Waals surface area contributed by atoms with E-state index in [0.29, 0.717) is 12.8 Å². The lowest BCUT2D eigenvalue weighted by Crippen LogP contribution is -2.52. The second kappa shape index (κ2) is 5.32. The number of hydrogen-bond acceptors (Lipinski definition) is 4. The Labute approximate surface area is 103 Å². The topological polar surface area (TPSA) is 92.5 Å². The molecule has 1 aliphatic carbocycles. The van der Waals surface area contributed by atoms with Gasteiger partial charge < -0.3 is 11.1 Å². The van der Waals surface area contributed by atoms with Crippen LogP contribution in [0.5, 0.6) is 0 Å². The van der Waals surface area contributed by atoms with Crippen LogP contribution in [0.4, 0.5) is 0 Å². The zero-order valence-corrected chi connectivity index (χ0v) is 11.2. The van der Waals surface area contributed by atoms with Crippen molar-refractivity contribution in [2.45, 2.75) is 31.2 Å². The van der Waals surface area contributed by atoms with Gasteiger partial charge in [0.25, 0.3) is 0 Å². The Hall–Kier alpha value is -0.660. The summed E-state index contributed by atoms with van der Waals surface area (Å²) < 4.78 is 24.1. The minimum absolute atomic E-state index is 0.0954. The van der Waals surface area contributed by atoms with E-state index in [2.05, 4.69) is 5.32 Å². The number of nitrogens with two attached hydrogens (primary N) is 1. The third-order valence-corrected chi connectivity index (χ3v) is 4.98. The van der Waals surface area contributed by atoms with Gasteiger partial charge in [0, 0.05) is 20.6 Å². The summed E-state index contributed by atoms with van der Waals surface area (Å²) in [4.78, 5) is 11.8. The minimum atomic E-state index is -3.26. The lowest BCUT2D eigenvalue weighted by molar-refractivity contribution is -0.126. The van der Waals surface area contributed by atoms with E-state index in [-0.39, 0.29) is 18.2 Å². The van der Waals surface area contributed by atoms with Gasteiger partial charge in [-0.25, -0.2) is 12.7 Å². The number of carbonyl (C=O) groups excluding carboxylic acids is 1. The van der Waals surface area contributed by atoms with Crippen molar-refractivity contribution in [2.75, 3.05) is 26.4 Å². The first kappa shape index (κ1) is 14.4. The number of sulfonamides is 1. The number of nitrogens with zero attached hydrogens (tertiary/aromatic N) is 1. The molecule has 0 aromatic heterocycles. The zero-order chi connectivity index (χ0) is 13.1. The van der Waals surface area contributed by atoms with Gasteiger partial charge in [0.1, 0.15) is 0 Å². The molecule has 6 nitrogen and oxygen atoms in total. The second-order valence-electron chi connectivity index (χ2n) is 4.72. The summed E-state index contributed by atoms with van der Waals surface area (Å²) in [7, 11) is -0.318. The smallest absolute Gasteiger partial charge is 0.240 e. The molecule has 1 amide bonds. The van der Waals surface area contributed by atoms with E-state index in [0.717, 1.165) is 17.1 Å². The molecule has 0 aromatic carbocycles. The molecule has 0 aromatic rings. The van der Waals surface area contributed by atoms with Gasteiger partial charge in [0.15, 0.2) is 0 Å². The molecule has 0 saturated heterocycles. The number of carbonyl (C=O) groups is 1. The maximum absolute atomic E-state index is 11.8. The lowest BCUT2D eigenvalue weighted by Gasteiger charge is -2.22. The summed E-state index contributed by atoms with van der Waals surface area (Å²) in [5, 5.41) is 2.61. The second-order valence-corrected chi connectivity index (χ2v) is 7.02. The minimum Gasteiger partial charge on any atom is -0.353 e. The van der Waals surface area contributed by atoms with Crippen LogP contribution in [0, 0.1) is 0 Å². The molecule has 1 fully saturated rings. The molecule has 3 N–H and O–H groups in total. The molecule has 0 radical (unpaired) electrons. The van der Waals surface area contributed by atoms with E-state index in [1.807, 2.05) is 0 Å².